The number of amides is 1. The van der Waals surface area contributed by atoms with Gasteiger partial charge in [0.05, 0.1) is 9.48 Å². The van der Waals surface area contributed by atoms with Crippen LogP contribution in [-0.2, 0) is 0 Å². The van der Waals surface area contributed by atoms with Crippen molar-refractivity contribution in [2.75, 3.05) is 5.75 Å². The first-order valence-corrected chi connectivity index (χ1v) is 7.18. The smallest absolute Gasteiger partial charge is 0.409 e. The highest BCUT2D eigenvalue weighted by Crippen LogP contribution is 2.37. The number of primary amides is 1. The van der Waals surface area contributed by atoms with Crippen molar-refractivity contribution in [2.24, 2.45) is 5.73 Å². The average molecular weight is 281 g/mol. The predicted octanol–water partition coefficient (Wildman–Crippen LogP) is 3.67. The van der Waals surface area contributed by atoms with Crippen LogP contribution in [0.4, 0.5) is 4.79 Å². The molecule has 0 saturated heterocycles. The van der Waals surface area contributed by atoms with Crippen LogP contribution in [0, 0.1) is 0 Å². The molecule has 1 aromatic rings. The summed E-state index contributed by atoms with van der Waals surface area (Å²) in [7, 11) is 0. The maximum Gasteiger partial charge on any atom is 0.410 e. The molecule has 96 valence electrons. The number of hydrogen-bond acceptors (Lipinski definition) is 4. The van der Waals surface area contributed by atoms with Gasteiger partial charge in [-0.2, -0.15) is 0 Å². The molecule has 0 saturated carbocycles. The van der Waals surface area contributed by atoms with Gasteiger partial charge in [-0.25, -0.2) is 4.79 Å². The van der Waals surface area contributed by atoms with Gasteiger partial charge in [0.15, 0.2) is 0 Å². The molecule has 0 bridgehead atoms. The molecular weight excluding hydrogens is 266 g/mol. The Kier molecular flexibility index (Phi) is 6.46. The van der Waals surface area contributed by atoms with Gasteiger partial charge in [-0.3, -0.25) is 0 Å². The first-order valence-electron chi connectivity index (χ1n) is 5.25. The molecule has 0 fully saturated rings. The number of rotatable bonds is 7. The van der Waals surface area contributed by atoms with Crippen molar-refractivity contribution in [3.8, 4) is 5.75 Å². The molecule has 1 unspecified atom stereocenters. The van der Waals surface area contributed by atoms with Gasteiger partial charge in [-0.15, -0.1) is 36.7 Å². The molecule has 3 nitrogen and oxygen atoms in total. The minimum atomic E-state index is -0.808. The van der Waals surface area contributed by atoms with Gasteiger partial charge in [0.1, 0.15) is 5.75 Å². The maximum absolute atomic E-state index is 10.8. The Morgan fingerprint density at radius 2 is 2.17 bits per heavy atom. The van der Waals surface area contributed by atoms with Crippen LogP contribution in [0.1, 0.15) is 0 Å². The Hall–Kier alpha value is -1.33. The summed E-state index contributed by atoms with van der Waals surface area (Å²) in [5, 5.41) is 0. The molecule has 18 heavy (non-hydrogen) atoms. The Morgan fingerprint density at radius 3 is 2.78 bits per heavy atom. The number of carbonyl (C=O) groups excluding carboxylic acids is 1. The maximum atomic E-state index is 10.8. The van der Waals surface area contributed by atoms with Crippen LogP contribution in [0.3, 0.4) is 0 Å². The third-order valence-corrected chi connectivity index (χ3v) is 4.54. The normalized spacial score (nSPS) is 11.6. The van der Waals surface area contributed by atoms with Crippen LogP contribution < -0.4 is 10.5 Å². The SMILES string of the molecule is C=CCSC(C=C)Sc1ccccc1OC(N)=O. The van der Waals surface area contributed by atoms with Crippen LogP contribution in [0.2, 0.25) is 0 Å². The number of thioether (sulfide) groups is 2. The lowest BCUT2D eigenvalue weighted by molar-refractivity contribution is 0.210. The van der Waals surface area contributed by atoms with Crippen LogP contribution >= 0.6 is 23.5 Å². The Bertz CT molecular complexity index is 435. The van der Waals surface area contributed by atoms with E-state index in [2.05, 4.69) is 13.2 Å². The topological polar surface area (TPSA) is 52.3 Å². The quantitative estimate of drug-likeness (QED) is 0.471. The van der Waals surface area contributed by atoms with Gasteiger partial charge in [-0.05, 0) is 12.1 Å². The van der Waals surface area contributed by atoms with E-state index in [1.165, 1.54) is 0 Å². The molecule has 1 amide bonds. The van der Waals surface area contributed by atoms with Gasteiger partial charge in [0.25, 0.3) is 0 Å². The van der Waals surface area contributed by atoms with Crippen molar-refractivity contribution < 1.29 is 9.53 Å². The van der Waals surface area contributed by atoms with Gasteiger partial charge in [-0.1, -0.05) is 24.3 Å². The van der Waals surface area contributed by atoms with Gasteiger partial charge in [0.2, 0.25) is 0 Å². The second-order valence-corrected chi connectivity index (χ2v) is 5.87. The second-order valence-electron chi connectivity index (χ2n) is 3.21. The summed E-state index contributed by atoms with van der Waals surface area (Å²) in [5.41, 5.74) is 5.03. The van der Waals surface area contributed by atoms with Crippen molar-refractivity contribution in [3.05, 3.63) is 49.6 Å². The number of nitrogens with two attached hydrogens (primary N) is 1. The molecule has 1 rings (SSSR count). The highest BCUT2D eigenvalue weighted by molar-refractivity contribution is 8.17. The molecule has 0 aliphatic heterocycles. The summed E-state index contributed by atoms with van der Waals surface area (Å²) >= 11 is 3.26. The molecular formula is C13H15NO2S2. The van der Waals surface area contributed by atoms with E-state index < -0.39 is 6.09 Å². The van der Waals surface area contributed by atoms with Crippen molar-refractivity contribution in [1.29, 1.82) is 0 Å². The lowest BCUT2D eigenvalue weighted by atomic mass is 10.3. The summed E-state index contributed by atoms with van der Waals surface area (Å²) in [4.78, 5) is 11.7. The zero-order chi connectivity index (χ0) is 13.4. The molecule has 1 atom stereocenters. The Balaban J connectivity index is 2.77. The van der Waals surface area contributed by atoms with E-state index in [0.29, 0.717) is 5.75 Å². The van der Waals surface area contributed by atoms with E-state index in [9.17, 15) is 4.79 Å². The van der Waals surface area contributed by atoms with Crippen LogP contribution in [0.15, 0.2) is 54.5 Å². The van der Waals surface area contributed by atoms with E-state index in [4.69, 9.17) is 10.5 Å². The molecule has 0 spiro atoms. The zero-order valence-corrected chi connectivity index (χ0v) is 11.5. The van der Waals surface area contributed by atoms with Crippen LogP contribution in [-0.4, -0.2) is 16.4 Å². The standard InChI is InChI=1S/C13H15NO2S2/c1-3-9-17-12(4-2)18-11-8-6-5-7-10(11)16-13(14)15/h3-8,12H,1-2,9H2,(H2,14,15). The first kappa shape index (κ1) is 14.7. The Morgan fingerprint density at radius 1 is 1.44 bits per heavy atom. The van der Waals surface area contributed by atoms with Crippen molar-refractivity contribution in [2.45, 2.75) is 9.48 Å². The third kappa shape index (κ3) is 4.89. The van der Waals surface area contributed by atoms with Crippen molar-refractivity contribution >= 4 is 29.6 Å². The fraction of sp³-hybridized carbons (Fsp3) is 0.154. The fourth-order valence-electron chi connectivity index (χ4n) is 1.18. The summed E-state index contributed by atoms with van der Waals surface area (Å²) in [5.74, 6) is 1.31. The van der Waals surface area contributed by atoms with E-state index >= 15 is 0 Å². The minimum absolute atomic E-state index is 0.167. The van der Waals surface area contributed by atoms with Gasteiger partial charge in [0, 0.05) is 5.75 Å². The molecule has 0 aromatic heterocycles. The zero-order valence-electron chi connectivity index (χ0n) is 9.87. The van der Waals surface area contributed by atoms with Gasteiger partial charge >= 0.3 is 6.09 Å². The first-order chi connectivity index (χ1) is 8.67. The van der Waals surface area contributed by atoms with Crippen molar-refractivity contribution in [1.82, 2.24) is 0 Å². The number of carbonyl (C=O) groups is 1. The summed E-state index contributed by atoms with van der Waals surface area (Å²) in [6.45, 7) is 7.47. The van der Waals surface area contributed by atoms with Crippen LogP contribution in [0.5, 0.6) is 5.75 Å². The lowest BCUT2D eigenvalue weighted by Gasteiger charge is -2.13. The molecule has 0 heterocycles. The number of benzene rings is 1. The lowest BCUT2D eigenvalue weighted by Crippen LogP contribution is -2.16. The van der Waals surface area contributed by atoms with E-state index in [1.54, 1.807) is 35.7 Å². The minimum Gasteiger partial charge on any atom is -0.409 e. The molecule has 2 N–H and O–H groups in total. The number of ether oxygens (including phenoxy) is 1. The largest absolute Gasteiger partial charge is 0.410 e. The molecule has 0 radical (unpaired) electrons. The number of hydrogen-bond donors (Lipinski definition) is 1. The van der Waals surface area contributed by atoms with E-state index in [-0.39, 0.29) is 4.58 Å². The molecule has 1 aromatic carbocycles. The fourth-order valence-corrected chi connectivity index (χ4v) is 3.19. The second kappa shape index (κ2) is 7.89. The summed E-state index contributed by atoms with van der Waals surface area (Å²) < 4.78 is 5.12. The van der Waals surface area contributed by atoms with E-state index in [0.717, 1.165) is 10.6 Å². The average Bonchev–Trinajstić information content (AvgIpc) is 2.35. The predicted molar refractivity (Wildman–Crippen MR) is 79.2 cm³/mol. The van der Waals surface area contributed by atoms with E-state index in [1.807, 2.05) is 24.3 Å². The Labute approximate surface area is 115 Å². The highest BCUT2D eigenvalue weighted by atomic mass is 32.2. The molecule has 0 aliphatic rings. The molecule has 5 heteroatoms. The van der Waals surface area contributed by atoms with Crippen LogP contribution in [0.25, 0.3) is 0 Å². The van der Waals surface area contributed by atoms with Crippen molar-refractivity contribution in [3.63, 3.8) is 0 Å². The summed E-state index contributed by atoms with van der Waals surface area (Å²) in [6, 6.07) is 7.27. The third-order valence-electron chi connectivity index (χ3n) is 1.87. The number of para-hydroxylation sites is 1. The van der Waals surface area contributed by atoms with Gasteiger partial charge < -0.3 is 10.5 Å². The summed E-state index contributed by atoms with van der Waals surface area (Å²) in [6.07, 6.45) is 2.88. The monoisotopic (exact) mass is 281 g/mol. The highest BCUT2D eigenvalue weighted by Gasteiger charge is 2.11. The molecule has 0 aliphatic carbocycles.